The third-order valence-corrected chi connectivity index (χ3v) is 5.32. The number of benzene rings is 1. The molecule has 0 bridgehead atoms. The molecule has 112 valence electrons. The van der Waals surface area contributed by atoms with E-state index in [1.165, 1.54) is 6.07 Å². The summed E-state index contributed by atoms with van der Waals surface area (Å²) >= 11 is 1.75. The predicted octanol–water partition coefficient (Wildman–Crippen LogP) is 2.84. The van der Waals surface area contributed by atoms with Crippen LogP contribution in [0.25, 0.3) is 0 Å². The molecule has 0 fully saturated rings. The number of hydrogen-bond acceptors (Lipinski definition) is 4. The highest BCUT2D eigenvalue weighted by Gasteiger charge is 2.25. The lowest BCUT2D eigenvalue weighted by Gasteiger charge is -2.30. The number of amides is 1. The van der Waals surface area contributed by atoms with Crippen LogP contribution in [-0.4, -0.2) is 23.5 Å². The summed E-state index contributed by atoms with van der Waals surface area (Å²) < 4.78 is 13.9. The van der Waals surface area contributed by atoms with Gasteiger partial charge in [0, 0.05) is 17.0 Å². The second kappa shape index (κ2) is 6.83. The van der Waals surface area contributed by atoms with E-state index in [4.69, 9.17) is 11.5 Å². The second-order valence-corrected chi connectivity index (χ2v) is 6.01. The molecule has 6 heteroatoms. The monoisotopic (exact) mass is 299 g/mol. The fraction of sp³-hybridized carbons (Fsp3) is 0.500. The fourth-order valence-corrected chi connectivity index (χ4v) is 2.85. The van der Waals surface area contributed by atoms with Crippen molar-refractivity contribution in [2.45, 2.75) is 31.4 Å². The van der Waals surface area contributed by atoms with Gasteiger partial charge in [-0.25, -0.2) is 4.39 Å². The van der Waals surface area contributed by atoms with Crippen molar-refractivity contribution in [1.29, 1.82) is 0 Å². The van der Waals surface area contributed by atoms with E-state index < -0.39 is 11.7 Å². The van der Waals surface area contributed by atoms with E-state index in [1.54, 1.807) is 11.8 Å². The molecule has 5 N–H and O–H groups in total. The van der Waals surface area contributed by atoms with E-state index in [0.29, 0.717) is 6.54 Å². The predicted molar refractivity (Wildman–Crippen MR) is 84.6 cm³/mol. The SMILES string of the molecule is CCC(CC)(CNc1cc(C(N)=O)c(N)cc1F)SC. The summed E-state index contributed by atoms with van der Waals surface area (Å²) in [5.74, 6) is -1.14. The molecule has 1 amide bonds. The Kier molecular flexibility index (Phi) is 5.68. The van der Waals surface area contributed by atoms with Crippen LogP contribution in [0.15, 0.2) is 12.1 Å². The van der Waals surface area contributed by atoms with Crippen molar-refractivity contribution in [1.82, 2.24) is 0 Å². The van der Waals surface area contributed by atoms with Gasteiger partial charge in [-0.3, -0.25) is 4.79 Å². The third kappa shape index (κ3) is 3.56. The summed E-state index contributed by atoms with van der Waals surface area (Å²) in [4.78, 5) is 11.2. The van der Waals surface area contributed by atoms with Crippen LogP contribution in [0.1, 0.15) is 37.0 Å². The molecule has 20 heavy (non-hydrogen) atoms. The van der Waals surface area contributed by atoms with Crippen LogP contribution in [0, 0.1) is 5.82 Å². The number of hydrogen-bond donors (Lipinski definition) is 3. The van der Waals surface area contributed by atoms with Gasteiger partial charge in [-0.15, -0.1) is 0 Å². The molecule has 1 rings (SSSR count). The van der Waals surface area contributed by atoms with E-state index >= 15 is 0 Å². The first-order valence-corrected chi connectivity index (χ1v) is 7.79. The van der Waals surface area contributed by atoms with E-state index in [9.17, 15) is 9.18 Å². The lowest BCUT2D eigenvalue weighted by atomic mass is 10.0. The van der Waals surface area contributed by atoms with E-state index in [1.807, 2.05) is 6.26 Å². The summed E-state index contributed by atoms with van der Waals surface area (Å²) in [5, 5.41) is 3.07. The number of anilines is 2. The number of rotatable bonds is 7. The Bertz CT molecular complexity index is 481. The minimum absolute atomic E-state index is 0.0424. The number of primary amides is 1. The highest BCUT2D eigenvalue weighted by atomic mass is 32.2. The van der Waals surface area contributed by atoms with E-state index in [-0.39, 0.29) is 21.7 Å². The van der Waals surface area contributed by atoms with Crippen LogP contribution in [-0.2, 0) is 0 Å². The van der Waals surface area contributed by atoms with Crippen LogP contribution in [0.2, 0.25) is 0 Å². The first-order valence-electron chi connectivity index (χ1n) is 6.57. The number of halogens is 1. The lowest BCUT2D eigenvalue weighted by molar-refractivity contribution is 0.100. The van der Waals surface area contributed by atoms with Crippen molar-refractivity contribution in [2.75, 3.05) is 23.9 Å². The van der Waals surface area contributed by atoms with Crippen LogP contribution in [0.3, 0.4) is 0 Å². The van der Waals surface area contributed by atoms with Gasteiger partial charge in [-0.2, -0.15) is 11.8 Å². The van der Waals surface area contributed by atoms with Crippen molar-refractivity contribution >= 4 is 29.0 Å². The number of nitrogens with two attached hydrogens (primary N) is 2. The Morgan fingerprint density at radius 2 is 2.00 bits per heavy atom. The molecule has 0 aromatic heterocycles. The number of carbonyl (C=O) groups excluding carboxylic acids is 1. The zero-order valence-corrected chi connectivity index (χ0v) is 12.9. The fourth-order valence-electron chi connectivity index (χ4n) is 2.05. The molecule has 0 atom stereocenters. The van der Waals surface area contributed by atoms with E-state index in [0.717, 1.165) is 18.9 Å². The molecule has 1 aromatic carbocycles. The minimum Gasteiger partial charge on any atom is -0.398 e. The minimum atomic E-state index is -0.660. The molecule has 0 heterocycles. The molecule has 0 radical (unpaired) electrons. The Labute approximate surface area is 123 Å². The summed E-state index contributed by atoms with van der Waals surface area (Å²) in [6.07, 6.45) is 3.98. The molecule has 0 spiro atoms. The molecular formula is C14H22FN3OS. The lowest BCUT2D eigenvalue weighted by Crippen LogP contribution is -2.32. The molecule has 0 aliphatic carbocycles. The Morgan fingerprint density at radius 3 is 2.45 bits per heavy atom. The Balaban J connectivity index is 2.98. The molecule has 1 aromatic rings. The van der Waals surface area contributed by atoms with Crippen molar-refractivity contribution in [2.24, 2.45) is 5.73 Å². The Hall–Kier alpha value is -1.43. The van der Waals surface area contributed by atoms with Crippen LogP contribution in [0.4, 0.5) is 15.8 Å². The van der Waals surface area contributed by atoms with Crippen molar-refractivity contribution in [3.63, 3.8) is 0 Å². The molecule has 0 saturated heterocycles. The third-order valence-electron chi connectivity index (χ3n) is 3.73. The number of thioether (sulfide) groups is 1. The zero-order valence-electron chi connectivity index (χ0n) is 12.1. The summed E-state index contributed by atoms with van der Waals surface area (Å²) in [7, 11) is 0. The van der Waals surface area contributed by atoms with Crippen molar-refractivity contribution in [3.05, 3.63) is 23.5 Å². The summed E-state index contributed by atoms with van der Waals surface area (Å²) in [6.45, 7) is 4.83. The van der Waals surface area contributed by atoms with Crippen molar-refractivity contribution in [3.8, 4) is 0 Å². The topological polar surface area (TPSA) is 81.1 Å². The smallest absolute Gasteiger partial charge is 0.250 e. The molecule has 0 aliphatic rings. The maximum Gasteiger partial charge on any atom is 0.250 e. The number of nitrogens with one attached hydrogen (secondary N) is 1. The van der Waals surface area contributed by atoms with E-state index in [2.05, 4.69) is 19.2 Å². The van der Waals surface area contributed by atoms with Gasteiger partial charge in [-0.1, -0.05) is 13.8 Å². The zero-order chi connectivity index (χ0) is 15.3. The highest BCUT2D eigenvalue weighted by molar-refractivity contribution is 8.00. The first kappa shape index (κ1) is 16.6. The highest BCUT2D eigenvalue weighted by Crippen LogP contribution is 2.31. The number of carbonyl (C=O) groups is 1. The molecule has 0 unspecified atom stereocenters. The molecule has 0 aliphatic heterocycles. The van der Waals surface area contributed by atoms with Gasteiger partial charge in [0.25, 0.3) is 5.91 Å². The molecule has 4 nitrogen and oxygen atoms in total. The second-order valence-electron chi connectivity index (χ2n) is 4.73. The van der Waals surface area contributed by atoms with Gasteiger partial charge in [0.1, 0.15) is 5.82 Å². The van der Waals surface area contributed by atoms with Crippen LogP contribution in [0.5, 0.6) is 0 Å². The number of nitrogen functional groups attached to an aromatic ring is 1. The van der Waals surface area contributed by atoms with Gasteiger partial charge in [-0.05, 0) is 31.2 Å². The van der Waals surface area contributed by atoms with Crippen molar-refractivity contribution < 1.29 is 9.18 Å². The van der Waals surface area contributed by atoms with Crippen LogP contribution >= 0.6 is 11.8 Å². The molecule has 0 saturated carbocycles. The maximum absolute atomic E-state index is 13.9. The standard InChI is InChI=1S/C14H22FN3OS/c1-4-14(5-2,20-3)8-18-12-6-9(13(17)19)11(16)7-10(12)15/h6-7,18H,4-5,8,16H2,1-3H3,(H2,17,19). The largest absolute Gasteiger partial charge is 0.398 e. The first-order chi connectivity index (χ1) is 9.39. The van der Waals surface area contributed by atoms with Crippen LogP contribution < -0.4 is 16.8 Å². The van der Waals surface area contributed by atoms with Gasteiger partial charge in [0.05, 0.1) is 11.3 Å². The van der Waals surface area contributed by atoms with Gasteiger partial charge in [0.15, 0.2) is 0 Å². The normalized spacial score (nSPS) is 11.4. The van der Waals surface area contributed by atoms with Gasteiger partial charge < -0.3 is 16.8 Å². The van der Waals surface area contributed by atoms with Gasteiger partial charge in [0.2, 0.25) is 0 Å². The average molecular weight is 299 g/mol. The summed E-state index contributed by atoms with van der Waals surface area (Å²) in [5.41, 5.74) is 11.3. The summed E-state index contributed by atoms with van der Waals surface area (Å²) in [6, 6.07) is 2.50. The average Bonchev–Trinajstić information content (AvgIpc) is 2.42. The maximum atomic E-state index is 13.9. The molecular weight excluding hydrogens is 277 g/mol. The Morgan fingerprint density at radius 1 is 1.40 bits per heavy atom. The quantitative estimate of drug-likeness (QED) is 0.676. The van der Waals surface area contributed by atoms with Gasteiger partial charge >= 0.3 is 0 Å².